The standard InChI is InChI=1S/C17H21F3N2O3/c18-17(19,20)13-4-1-8-22(15(13)24)12-14(23)21-9-2-5-16(7-10-21)6-3-11-25-16/h1,4,8H,2-3,5-7,9-12H2/t16-/m1/s1. The third-order valence-electron chi connectivity index (χ3n) is 5.07. The third-order valence-corrected chi connectivity index (χ3v) is 5.07. The van der Waals surface area contributed by atoms with Gasteiger partial charge in [-0.2, -0.15) is 13.2 Å². The Morgan fingerprint density at radius 2 is 1.96 bits per heavy atom. The van der Waals surface area contributed by atoms with Crippen molar-refractivity contribution in [2.45, 2.75) is 50.4 Å². The van der Waals surface area contributed by atoms with E-state index in [1.165, 1.54) is 6.20 Å². The van der Waals surface area contributed by atoms with E-state index in [-0.39, 0.29) is 18.1 Å². The van der Waals surface area contributed by atoms with Crippen molar-refractivity contribution in [2.75, 3.05) is 19.7 Å². The van der Waals surface area contributed by atoms with E-state index in [0.717, 1.165) is 55.4 Å². The van der Waals surface area contributed by atoms with Gasteiger partial charge in [-0.15, -0.1) is 0 Å². The molecule has 8 heteroatoms. The van der Waals surface area contributed by atoms with Gasteiger partial charge in [-0.3, -0.25) is 9.59 Å². The number of rotatable bonds is 2. The second kappa shape index (κ2) is 6.82. The number of hydrogen-bond acceptors (Lipinski definition) is 3. The number of carbonyl (C=O) groups is 1. The summed E-state index contributed by atoms with van der Waals surface area (Å²) >= 11 is 0. The lowest BCUT2D eigenvalue weighted by Crippen LogP contribution is -2.39. The highest BCUT2D eigenvalue weighted by Gasteiger charge is 2.38. The summed E-state index contributed by atoms with van der Waals surface area (Å²) in [6.07, 6.45) is 0.919. The molecule has 1 spiro atoms. The summed E-state index contributed by atoms with van der Waals surface area (Å²) in [6, 6.07) is 1.87. The lowest BCUT2D eigenvalue weighted by Gasteiger charge is -2.27. The molecule has 3 heterocycles. The zero-order valence-electron chi connectivity index (χ0n) is 13.8. The molecule has 1 aromatic rings. The highest BCUT2D eigenvalue weighted by atomic mass is 19.4. The van der Waals surface area contributed by atoms with Crippen molar-refractivity contribution < 1.29 is 22.7 Å². The number of aromatic nitrogens is 1. The highest BCUT2D eigenvalue weighted by Crippen LogP contribution is 2.35. The Morgan fingerprint density at radius 3 is 2.64 bits per heavy atom. The average Bonchev–Trinajstić information content (AvgIpc) is 2.89. The van der Waals surface area contributed by atoms with E-state index in [0.29, 0.717) is 13.1 Å². The van der Waals surface area contributed by atoms with Gasteiger partial charge in [0.2, 0.25) is 5.91 Å². The normalized spacial score (nSPS) is 24.5. The third kappa shape index (κ3) is 3.89. The number of alkyl halides is 3. The van der Waals surface area contributed by atoms with Crippen LogP contribution in [-0.4, -0.2) is 40.7 Å². The van der Waals surface area contributed by atoms with Crippen LogP contribution in [0, 0.1) is 0 Å². The van der Waals surface area contributed by atoms with Gasteiger partial charge in [0.15, 0.2) is 0 Å². The summed E-state index contributed by atoms with van der Waals surface area (Å²) in [5.74, 6) is -0.337. The first-order valence-corrected chi connectivity index (χ1v) is 8.49. The van der Waals surface area contributed by atoms with E-state index in [9.17, 15) is 22.8 Å². The van der Waals surface area contributed by atoms with E-state index < -0.39 is 17.3 Å². The molecule has 0 unspecified atom stereocenters. The predicted octanol–water partition coefficient (Wildman–Crippen LogP) is 2.43. The topological polar surface area (TPSA) is 51.5 Å². The predicted molar refractivity (Wildman–Crippen MR) is 84.1 cm³/mol. The Morgan fingerprint density at radius 1 is 1.20 bits per heavy atom. The summed E-state index contributed by atoms with van der Waals surface area (Å²) < 4.78 is 45.2. The van der Waals surface area contributed by atoms with Crippen molar-refractivity contribution in [3.8, 4) is 0 Å². The highest BCUT2D eigenvalue weighted by molar-refractivity contribution is 5.76. The van der Waals surface area contributed by atoms with Gasteiger partial charge in [-0.05, 0) is 44.2 Å². The molecule has 0 N–H and O–H groups in total. The summed E-state index contributed by atoms with van der Waals surface area (Å²) in [6.45, 7) is 1.41. The molecular weight excluding hydrogens is 337 g/mol. The summed E-state index contributed by atoms with van der Waals surface area (Å²) in [5, 5.41) is 0. The minimum Gasteiger partial charge on any atom is -0.375 e. The fourth-order valence-electron chi connectivity index (χ4n) is 3.69. The zero-order valence-corrected chi connectivity index (χ0v) is 13.8. The number of pyridine rings is 1. The molecule has 2 saturated heterocycles. The maximum Gasteiger partial charge on any atom is 0.421 e. The van der Waals surface area contributed by atoms with Crippen LogP contribution in [0.15, 0.2) is 23.1 Å². The Bertz CT molecular complexity index is 693. The Balaban J connectivity index is 1.69. The van der Waals surface area contributed by atoms with Gasteiger partial charge in [0, 0.05) is 25.9 Å². The van der Waals surface area contributed by atoms with Crippen LogP contribution < -0.4 is 5.56 Å². The number of hydrogen-bond donors (Lipinski definition) is 0. The van der Waals surface area contributed by atoms with E-state index in [1.807, 2.05) is 0 Å². The van der Waals surface area contributed by atoms with Crippen LogP contribution in [0.4, 0.5) is 13.2 Å². The number of nitrogens with zero attached hydrogens (tertiary/aromatic N) is 2. The molecule has 0 bridgehead atoms. The lowest BCUT2D eigenvalue weighted by molar-refractivity contribution is -0.139. The van der Waals surface area contributed by atoms with Gasteiger partial charge < -0.3 is 14.2 Å². The molecule has 3 rings (SSSR count). The first kappa shape index (κ1) is 18.0. The minimum atomic E-state index is -4.72. The van der Waals surface area contributed by atoms with E-state index in [4.69, 9.17) is 4.74 Å². The summed E-state index contributed by atoms with van der Waals surface area (Å²) in [7, 11) is 0. The van der Waals surface area contributed by atoms with Crippen molar-refractivity contribution in [2.24, 2.45) is 0 Å². The summed E-state index contributed by atoms with van der Waals surface area (Å²) in [4.78, 5) is 26.1. The van der Waals surface area contributed by atoms with Gasteiger partial charge in [0.1, 0.15) is 12.1 Å². The SMILES string of the molecule is O=C(Cn1cccc(C(F)(F)F)c1=O)N1CCC[C@@]2(CCCO2)CC1. The Labute approximate surface area is 143 Å². The van der Waals surface area contributed by atoms with Crippen LogP contribution in [0.3, 0.4) is 0 Å². The monoisotopic (exact) mass is 358 g/mol. The Hall–Kier alpha value is -1.83. The van der Waals surface area contributed by atoms with Crippen molar-refractivity contribution in [3.63, 3.8) is 0 Å². The number of ether oxygens (including phenoxy) is 1. The largest absolute Gasteiger partial charge is 0.421 e. The van der Waals surface area contributed by atoms with E-state index in [1.54, 1.807) is 4.90 Å². The van der Waals surface area contributed by atoms with E-state index >= 15 is 0 Å². The minimum absolute atomic E-state index is 0.151. The molecule has 138 valence electrons. The first-order valence-electron chi connectivity index (χ1n) is 8.49. The number of amides is 1. The second-order valence-electron chi connectivity index (χ2n) is 6.72. The van der Waals surface area contributed by atoms with Crippen LogP contribution in [0.5, 0.6) is 0 Å². The fraction of sp³-hybridized carbons (Fsp3) is 0.647. The van der Waals surface area contributed by atoms with Crippen LogP contribution >= 0.6 is 0 Å². The van der Waals surface area contributed by atoms with Crippen LogP contribution in [-0.2, 0) is 22.3 Å². The summed E-state index contributed by atoms with van der Waals surface area (Å²) in [5.41, 5.74) is -2.59. The smallest absolute Gasteiger partial charge is 0.375 e. The molecule has 0 radical (unpaired) electrons. The molecule has 1 aromatic heterocycles. The molecule has 1 atom stereocenters. The molecule has 2 aliphatic rings. The maximum absolute atomic E-state index is 12.8. The molecular formula is C17H21F3N2O3. The fourth-order valence-corrected chi connectivity index (χ4v) is 3.69. The van der Waals surface area contributed by atoms with Gasteiger partial charge in [-0.25, -0.2) is 0 Å². The van der Waals surface area contributed by atoms with Crippen molar-refractivity contribution in [1.29, 1.82) is 0 Å². The van der Waals surface area contributed by atoms with Crippen LogP contribution in [0.1, 0.15) is 37.7 Å². The number of halogens is 3. The van der Waals surface area contributed by atoms with Crippen molar-refractivity contribution in [3.05, 3.63) is 34.2 Å². The lowest BCUT2D eigenvalue weighted by atomic mass is 9.92. The molecule has 25 heavy (non-hydrogen) atoms. The first-order chi connectivity index (χ1) is 11.8. The Kier molecular flexibility index (Phi) is 4.90. The van der Waals surface area contributed by atoms with Crippen LogP contribution in [0.2, 0.25) is 0 Å². The molecule has 0 aliphatic carbocycles. The van der Waals surface area contributed by atoms with Crippen molar-refractivity contribution in [1.82, 2.24) is 9.47 Å². The zero-order chi connectivity index (χ0) is 18.1. The maximum atomic E-state index is 12.8. The molecule has 0 saturated carbocycles. The van der Waals surface area contributed by atoms with Gasteiger partial charge >= 0.3 is 6.18 Å². The van der Waals surface area contributed by atoms with Crippen molar-refractivity contribution >= 4 is 5.91 Å². The molecule has 0 aromatic carbocycles. The molecule has 5 nitrogen and oxygen atoms in total. The average molecular weight is 358 g/mol. The van der Waals surface area contributed by atoms with Gasteiger partial charge in [-0.1, -0.05) is 0 Å². The number of likely N-dealkylation sites (tertiary alicyclic amines) is 1. The number of carbonyl (C=O) groups excluding carboxylic acids is 1. The van der Waals surface area contributed by atoms with E-state index in [2.05, 4.69) is 0 Å². The quantitative estimate of drug-likeness (QED) is 0.816. The van der Waals surface area contributed by atoms with Gasteiger partial charge in [0.05, 0.1) is 5.60 Å². The van der Waals surface area contributed by atoms with Crippen LogP contribution in [0.25, 0.3) is 0 Å². The van der Waals surface area contributed by atoms with Gasteiger partial charge in [0.25, 0.3) is 5.56 Å². The molecule has 2 aliphatic heterocycles. The second-order valence-corrected chi connectivity index (χ2v) is 6.72. The molecule has 1 amide bonds. The molecule has 2 fully saturated rings.